The molecule has 2 aromatic rings. The molecule has 0 saturated carbocycles. The van der Waals surface area contributed by atoms with E-state index in [2.05, 4.69) is 0 Å². The molecule has 0 aliphatic heterocycles. The van der Waals surface area contributed by atoms with Crippen molar-refractivity contribution in [1.29, 1.82) is 0 Å². The van der Waals surface area contributed by atoms with Crippen molar-refractivity contribution in [2.75, 3.05) is 19.1 Å². The predicted octanol–water partition coefficient (Wildman–Crippen LogP) is 2.14. The number of nitrogens with zero attached hydrogens (tertiary/aromatic N) is 1. The Morgan fingerprint density at radius 2 is 2.05 bits per heavy atom. The first-order valence-corrected chi connectivity index (χ1v) is 6.51. The molecule has 0 aliphatic rings. The van der Waals surface area contributed by atoms with Gasteiger partial charge in [-0.05, 0) is 35.9 Å². The lowest BCUT2D eigenvalue weighted by atomic mass is 10.1. The van der Waals surface area contributed by atoms with Gasteiger partial charge in [-0.1, -0.05) is 12.1 Å². The second-order valence-corrected chi connectivity index (χ2v) is 4.62. The van der Waals surface area contributed by atoms with Gasteiger partial charge < -0.3 is 20.5 Å². The third kappa shape index (κ3) is 3.14. The summed E-state index contributed by atoms with van der Waals surface area (Å²) in [6, 6.07) is 12.0. The maximum absolute atomic E-state index is 12.4. The summed E-state index contributed by atoms with van der Waals surface area (Å²) >= 11 is 0. The van der Waals surface area contributed by atoms with Crippen LogP contribution in [0.25, 0.3) is 0 Å². The number of benzene rings is 2. The quantitative estimate of drug-likeness (QED) is 0.903. The standard InChI is InChI=1S/C16H18N2O3/c1-18(13-5-3-4-11(8-13)10-17)16(20)12-6-7-15(21-2)14(19)9-12/h3-9,19H,10,17H2,1-2H3. The Balaban J connectivity index is 2.28. The minimum absolute atomic E-state index is 0.0625. The fourth-order valence-corrected chi connectivity index (χ4v) is 2.03. The van der Waals surface area contributed by atoms with E-state index < -0.39 is 0 Å². The molecule has 0 bridgehead atoms. The van der Waals surface area contributed by atoms with Crippen molar-refractivity contribution in [3.8, 4) is 11.5 Å². The van der Waals surface area contributed by atoms with Crippen LogP contribution in [0.2, 0.25) is 0 Å². The Kier molecular flexibility index (Phi) is 4.45. The Bertz CT molecular complexity index is 656. The molecule has 21 heavy (non-hydrogen) atoms. The van der Waals surface area contributed by atoms with Crippen LogP contribution in [-0.2, 0) is 6.54 Å². The van der Waals surface area contributed by atoms with Gasteiger partial charge in [0.15, 0.2) is 11.5 Å². The van der Waals surface area contributed by atoms with Gasteiger partial charge >= 0.3 is 0 Å². The molecule has 0 unspecified atom stereocenters. The Hall–Kier alpha value is -2.53. The lowest BCUT2D eigenvalue weighted by molar-refractivity contribution is 0.0992. The van der Waals surface area contributed by atoms with Gasteiger partial charge in [0.05, 0.1) is 7.11 Å². The molecule has 2 rings (SSSR count). The normalized spacial score (nSPS) is 10.2. The maximum Gasteiger partial charge on any atom is 0.258 e. The Morgan fingerprint density at radius 1 is 1.29 bits per heavy atom. The van der Waals surface area contributed by atoms with E-state index in [9.17, 15) is 9.90 Å². The minimum atomic E-state index is -0.220. The first kappa shape index (κ1) is 14.9. The summed E-state index contributed by atoms with van der Waals surface area (Å²) in [4.78, 5) is 14.0. The van der Waals surface area contributed by atoms with Gasteiger partial charge in [0, 0.05) is 24.8 Å². The van der Waals surface area contributed by atoms with Crippen LogP contribution in [0.3, 0.4) is 0 Å². The Morgan fingerprint density at radius 3 is 2.67 bits per heavy atom. The molecular formula is C16H18N2O3. The molecule has 0 aromatic heterocycles. The van der Waals surface area contributed by atoms with Crippen LogP contribution < -0.4 is 15.4 Å². The monoisotopic (exact) mass is 286 g/mol. The van der Waals surface area contributed by atoms with E-state index in [1.807, 2.05) is 24.3 Å². The summed E-state index contributed by atoms with van der Waals surface area (Å²) in [6.07, 6.45) is 0. The molecule has 5 heteroatoms. The lowest BCUT2D eigenvalue weighted by Gasteiger charge is -2.18. The van der Waals surface area contributed by atoms with Gasteiger partial charge in [-0.15, -0.1) is 0 Å². The van der Waals surface area contributed by atoms with Crippen LogP contribution >= 0.6 is 0 Å². The van der Waals surface area contributed by atoms with Gasteiger partial charge in [-0.2, -0.15) is 0 Å². The van der Waals surface area contributed by atoms with Crippen LogP contribution in [0.5, 0.6) is 11.5 Å². The van der Waals surface area contributed by atoms with E-state index in [4.69, 9.17) is 10.5 Å². The smallest absolute Gasteiger partial charge is 0.258 e. The van der Waals surface area contributed by atoms with Crippen molar-refractivity contribution in [3.05, 3.63) is 53.6 Å². The summed E-state index contributed by atoms with van der Waals surface area (Å²) in [7, 11) is 3.14. The second kappa shape index (κ2) is 6.28. The molecule has 0 atom stereocenters. The molecular weight excluding hydrogens is 268 g/mol. The number of aromatic hydroxyl groups is 1. The number of hydrogen-bond acceptors (Lipinski definition) is 4. The van der Waals surface area contributed by atoms with Crippen LogP contribution in [-0.4, -0.2) is 25.2 Å². The van der Waals surface area contributed by atoms with Gasteiger partial charge in [0.2, 0.25) is 0 Å². The van der Waals surface area contributed by atoms with Gasteiger partial charge in [0.1, 0.15) is 0 Å². The van der Waals surface area contributed by atoms with Crippen LogP contribution in [0.1, 0.15) is 15.9 Å². The molecule has 0 heterocycles. The van der Waals surface area contributed by atoms with Crippen LogP contribution in [0, 0.1) is 0 Å². The number of phenols is 1. The average Bonchev–Trinajstić information content (AvgIpc) is 2.53. The first-order valence-electron chi connectivity index (χ1n) is 6.51. The van der Waals surface area contributed by atoms with E-state index >= 15 is 0 Å². The molecule has 0 fully saturated rings. The van der Waals surface area contributed by atoms with E-state index in [0.717, 1.165) is 11.3 Å². The number of carbonyl (C=O) groups excluding carboxylic acids is 1. The number of nitrogens with two attached hydrogens (primary N) is 1. The number of carbonyl (C=O) groups is 1. The topological polar surface area (TPSA) is 75.8 Å². The van der Waals surface area contributed by atoms with Gasteiger partial charge in [0.25, 0.3) is 5.91 Å². The molecule has 1 amide bonds. The summed E-state index contributed by atoms with van der Waals surface area (Å²) < 4.78 is 4.97. The highest BCUT2D eigenvalue weighted by molar-refractivity contribution is 6.06. The van der Waals surface area contributed by atoms with E-state index in [1.165, 1.54) is 18.1 Å². The molecule has 0 saturated heterocycles. The molecule has 3 N–H and O–H groups in total. The largest absolute Gasteiger partial charge is 0.504 e. The number of phenolic OH excluding ortho intramolecular Hbond substituents is 1. The Labute approximate surface area is 123 Å². The van der Waals surface area contributed by atoms with E-state index in [-0.39, 0.29) is 11.7 Å². The highest BCUT2D eigenvalue weighted by atomic mass is 16.5. The van der Waals surface area contributed by atoms with E-state index in [1.54, 1.807) is 19.2 Å². The number of ether oxygens (including phenoxy) is 1. The zero-order valence-electron chi connectivity index (χ0n) is 12.0. The van der Waals surface area contributed by atoms with Crippen molar-refractivity contribution in [3.63, 3.8) is 0 Å². The third-order valence-electron chi connectivity index (χ3n) is 3.26. The lowest BCUT2D eigenvalue weighted by Crippen LogP contribution is -2.26. The fraction of sp³-hybridized carbons (Fsp3) is 0.188. The summed E-state index contributed by atoms with van der Waals surface area (Å²) in [5.74, 6) is 0.0499. The zero-order valence-corrected chi connectivity index (χ0v) is 12.0. The van der Waals surface area contributed by atoms with Crippen molar-refractivity contribution in [1.82, 2.24) is 0 Å². The zero-order chi connectivity index (χ0) is 15.4. The number of methoxy groups -OCH3 is 1. The second-order valence-electron chi connectivity index (χ2n) is 4.62. The van der Waals surface area contributed by atoms with Gasteiger partial charge in [-0.25, -0.2) is 0 Å². The van der Waals surface area contributed by atoms with Crippen molar-refractivity contribution in [2.45, 2.75) is 6.54 Å². The molecule has 0 radical (unpaired) electrons. The summed E-state index contributed by atoms with van der Waals surface area (Å²) in [6.45, 7) is 0.416. The molecule has 110 valence electrons. The number of amides is 1. The van der Waals surface area contributed by atoms with Crippen LogP contribution in [0.15, 0.2) is 42.5 Å². The first-order chi connectivity index (χ1) is 10.1. The molecule has 5 nitrogen and oxygen atoms in total. The predicted molar refractivity (Wildman–Crippen MR) is 81.7 cm³/mol. The molecule has 2 aromatic carbocycles. The van der Waals surface area contributed by atoms with E-state index in [0.29, 0.717) is 17.9 Å². The highest BCUT2D eigenvalue weighted by Gasteiger charge is 2.15. The average molecular weight is 286 g/mol. The van der Waals surface area contributed by atoms with Crippen molar-refractivity contribution < 1.29 is 14.6 Å². The number of anilines is 1. The third-order valence-corrected chi connectivity index (χ3v) is 3.26. The SMILES string of the molecule is COc1ccc(C(=O)N(C)c2cccc(CN)c2)cc1O. The number of rotatable bonds is 4. The number of hydrogen-bond donors (Lipinski definition) is 2. The van der Waals surface area contributed by atoms with Crippen LogP contribution in [0.4, 0.5) is 5.69 Å². The molecule has 0 spiro atoms. The maximum atomic E-state index is 12.4. The molecule has 0 aliphatic carbocycles. The fourth-order valence-electron chi connectivity index (χ4n) is 2.03. The summed E-state index contributed by atoms with van der Waals surface area (Å²) in [5, 5.41) is 9.76. The van der Waals surface area contributed by atoms with Gasteiger partial charge in [-0.3, -0.25) is 4.79 Å². The summed E-state index contributed by atoms with van der Waals surface area (Å²) in [5.41, 5.74) is 7.69. The highest BCUT2D eigenvalue weighted by Crippen LogP contribution is 2.27. The van der Waals surface area contributed by atoms with Crippen molar-refractivity contribution >= 4 is 11.6 Å². The van der Waals surface area contributed by atoms with Crippen molar-refractivity contribution in [2.24, 2.45) is 5.73 Å². The minimum Gasteiger partial charge on any atom is -0.504 e.